The number of nitrogens with zero attached hydrogens (tertiary/aromatic N) is 1. The second kappa shape index (κ2) is 5.06. The molecule has 0 spiro atoms. The Kier molecular flexibility index (Phi) is 3.35. The molecule has 1 saturated carbocycles. The molecule has 112 valence electrons. The van der Waals surface area contributed by atoms with E-state index in [9.17, 15) is 14.6 Å². The van der Waals surface area contributed by atoms with Gasteiger partial charge in [0.2, 0.25) is 0 Å². The highest BCUT2D eigenvalue weighted by Crippen LogP contribution is 2.57. The van der Waals surface area contributed by atoms with E-state index in [-0.39, 0.29) is 29.9 Å². The van der Waals surface area contributed by atoms with Crippen LogP contribution in [0.3, 0.4) is 0 Å². The van der Waals surface area contributed by atoms with Crippen molar-refractivity contribution in [3.63, 3.8) is 0 Å². The van der Waals surface area contributed by atoms with E-state index in [1.807, 2.05) is 6.92 Å². The van der Waals surface area contributed by atoms with E-state index in [1.165, 1.54) is 24.4 Å². The molecular formula is C16H18FNO3. The van der Waals surface area contributed by atoms with Gasteiger partial charge in [-0.2, -0.15) is 0 Å². The molecule has 1 aromatic rings. The molecule has 0 amide bonds. The molecule has 0 bridgehead atoms. The Labute approximate surface area is 122 Å². The standard InChI is InChI=1S/C16H18FNO3/c1-2-16-4-3-13(16)15(18-8-14(16)17)21-9-10-5-11(19)7-12(20)6-10/h5-8,13,19-20H,2-4,9H2,1H3. The summed E-state index contributed by atoms with van der Waals surface area (Å²) in [5.41, 5.74) is 0.213. The average Bonchev–Trinajstić information content (AvgIpc) is 2.39. The van der Waals surface area contributed by atoms with Gasteiger partial charge in [0.1, 0.15) is 23.9 Å². The van der Waals surface area contributed by atoms with E-state index in [0.29, 0.717) is 11.5 Å². The van der Waals surface area contributed by atoms with Crippen molar-refractivity contribution >= 4 is 5.90 Å². The summed E-state index contributed by atoms with van der Waals surface area (Å²) in [5, 5.41) is 18.9. The molecular weight excluding hydrogens is 273 g/mol. The number of benzene rings is 1. The normalized spacial score (nSPS) is 27.2. The molecule has 5 heteroatoms. The highest BCUT2D eigenvalue weighted by Gasteiger charge is 2.53. The van der Waals surface area contributed by atoms with Gasteiger partial charge in [-0.15, -0.1) is 0 Å². The van der Waals surface area contributed by atoms with Crippen LogP contribution in [0.4, 0.5) is 4.39 Å². The highest BCUT2D eigenvalue weighted by molar-refractivity contribution is 5.83. The fraction of sp³-hybridized carbons (Fsp3) is 0.438. The number of rotatable bonds is 3. The Morgan fingerprint density at radius 1 is 1.33 bits per heavy atom. The summed E-state index contributed by atoms with van der Waals surface area (Å²) in [5.74, 6) is 0.364. The molecule has 1 aliphatic carbocycles. The minimum Gasteiger partial charge on any atom is -0.508 e. The highest BCUT2D eigenvalue weighted by atomic mass is 19.1. The number of phenols is 2. The van der Waals surface area contributed by atoms with Gasteiger partial charge in [-0.25, -0.2) is 9.38 Å². The quantitative estimate of drug-likeness (QED) is 0.893. The molecule has 2 atom stereocenters. The third kappa shape index (κ3) is 2.26. The van der Waals surface area contributed by atoms with Gasteiger partial charge in [-0.3, -0.25) is 0 Å². The maximum atomic E-state index is 14.0. The van der Waals surface area contributed by atoms with Crippen molar-refractivity contribution in [3.05, 3.63) is 35.8 Å². The molecule has 1 fully saturated rings. The molecule has 1 aromatic carbocycles. The van der Waals surface area contributed by atoms with Gasteiger partial charge in [0.05, 0.1) is 6.20 Å². The van der Waals surface area contributed by atoms with Crippen LogP contribution in [0, 0.1) is 11.3 Å². The molecule has 4 nitrogen and oxygen atoms in total. The van der Waals surface area contributed by atoms with E-state index in [2.05, 4.69) is 4.99 Å². The summed E-state index contributed by atoms with van der Waals surface area (Å²) >= 11 is 0. The van der Waals surface area contributed by atoms with Crippen molar-refractivity contribution in [2.24, 2.45) is 16.3 Å². The smallest absolute Gasteiger partial charge is 0.192 e. The maximum Gasteiger partial charge on any atom is 0.192 e. The van der Waals surface area contributed by atoms with E-state index in [1.54, 1.807) is 0 Å². The average molecular weight is 291 g/mol. The number of halogens is 1. The van der Waals surface area contributed by atoms with Gasteiger partial charge >= 0.3 is 0 Å². The van der Waals surface area contributed by atoms with Crippen molar-refractivity contribution < 1.29 is 19.3 Å². The second-order valence-corrected chi connectivity index (χ2v) is 5.69. The first-order valence-electron chi connectivity index (χ1n) is 7.13. The molecule has 3 rings (SSSR count). The molecule has 0 radical (unpaired) electrons. The first-order chi connectivity index (χ1) is 10.0. The number of allylic oxidation sites excluding steroid dienone is 1. The van der Waals surface area contributed by atoms with Crippen LogP contribution in [0.1, 0.15) is 31.7 Å². The largest absolute Gasteiger partial charge is 0.508 e. The topological polar surface area (TPSA) is 62.0 Å². The monoisotopic (exact) mass is 291 g/mol. The minimum absolute atomic E-state index is 0.00148. The number of phenolic OH excluding ortho intramolecular Hbond substituents is 2. The van der Waals surface area contributed by atoms with Crippen molar-refractivity contribution in [1.82, 2.24) is 0 Å². The van der Waals surface area contributed by atoms with Gasteiger partial charge in [-0.1, -0.05) is 6.92 Å². The Morgan fingerprint density at radius 3 is 2.62 bits per heavy atom. The van der Waals surface area contributed by atoms with Crippen LogP contribution < -0.4 is 0 Å². The molecule has 1 aliphatic heterocycles. The van der Waals surface area contributed by atoms with E-state index < -0.39 is 5.41 Å². The number of hydrogen-bond acceptors (Lipinski definition) is 4. The van der Waals surface area contributed by atoms with Crippen LogP contribution in [0.5, 0.6) is 11.5 Å². The number of fused-ring (bicyclic) bond motifs is 1. The number of ether oxygens (including phenoxy) is 1. The fourth-order valence-corrected chi connectivity index (χ4v) is 3.25. The van der Waals surface area contributed by atoms with E-state index in [0.717, 1.165) is 19.3 Å². The predicted octanol–water partition coefficient (Wildman–Crippen LogP) is 3.64. The predicted molar refractivity (Wildman–Crippen MR) is 76.6 cm³/mol. The first-order valence-corrected chi connectivity index (χ1v) is 7.13. The Hall–Kier alpha value is -2.04. The van der Waals surface area contributed by atoms with Crippen LogP contribution in [0.25, 0.3) is 0 Å². The summed E-state index contributed by atoms with van der Waals surface area (Å²) in [7, 11) is 0. The molecule has 2 unspecified atom stereocenters. The SMILES string of the molecule is CCC12CCC1C(OCc1cc(O)cc(O)c1)=NC=C2F. The number of aromatic hydroxyl groups is 2. The zero-order valence-electron chi connectivity index (χ0n) is 11.8. The molecule has 0 aromatic heterocycles. The lowest BCUT2D eigenvalue weighted by Crippen LogP contribution is -2.47. The molecule has 1 heterocycles. The molecule has 2 aliphatic rings. The second-order valence-electron chi connectivity index (χ2n) is 5.69. The van der Waals surface area contributed by atoms with Crippen LogP contribution in [0.15, 0.2) is 35.2 Å². The van der Waals surface area contributed by atoms with Crippen molar-refractivity contribution in [2.45, 2.75) is 32.8 Å². The summed E-state index contributed by atoms with van der Waals surface area (Å²) in [6.07, 6.45) is 3.69. The van der Waals surface area contributed by atoms with Crippen LogP contribution in [-0.2, 0) is 11.3 Å². The molecule has 2 N–H and O–H groups in total. The van der Waals surface area contributed by atoms with Crippen LogP contribution >= 0.6 is 0 Å². The zero-order chi connectivity index (χ0) is 15.0. The molecule has 21 heavy (non-hydrogen) atoms. The number of aliphatic imine (C=N–C) groups is 1. The van der Waals surface area contributed by atoms with Gasteiger partial charge in [0.15, 0.2) is 5.90 Å². The number of hydrogen-bond donors (Lipinski definition) is 2. The zero-order valence-corrected chi connectivity index (χ0v) is 11.8. The van der Waals surface area contributed by atoms with Crippen molar-refractivity contribution in [3.8, 4) is 11.5 Å². The Morgan fingerprint density at radius 2 is 2.05 bits per heavy atom. The lowest BCUT2D eigenvalue weighted by Gasteiger charge is -2.49. The fourth-order valence-electron chi connectivity index (χ4n) is 3.25. The van der Waals surface area contributed by atoms with Gasteiger partial charge in [0, 0.05) is 17.4 Å². The third-order valence-electron chi connectivity index (χ3n) is 4.60. The van der Waals surface area contributed by atoms with E-state index >= 15 is 0 Å². The summed E-state index contributed by atoms with van der Waals surface area (Å²) in [6.45, 7) is 2.17. The lowest BCUT2D eigenvalue weighted by atomic mass is 9.57. The minimum atomic E-state index is -0.432. The van der Waals surface area contributed by atoms with E-state index in [4.69, 9.17) is 4.74 Å². The first kappa shape index (κ1) is 13.9. The third-order valence-corrected chi connectivity index (χ3v) is 4.60. The van der Waals surface area contributed by atoms with Crippen molar-refractivity contribution in [2.75, 3.05) is 0 Å². The lowest BCUT2D eigenvalue weighted by molar-refractivity contribution is 0.0624. The van der Waals surface area contributed by atoms with Gasteiger partial charge in [0.25, 0.3) is 0 Å². The maximum absolute atomic E-state index is 14.0. The summed E-state index contributed by atoms with van der Waals surface area (Å²) < 4.78 is 19.7. The van der Waals surface area contributed by atoms with Crippen LogP contribution in [0.2, 0.25) is 0 Å². The molecule has 0 saturated heterocycles. The summed E-state index contributed by atoms with van der Waals surface area (Å²) in [6, 6.07) is 4.30. The van der Waals surface area contributed by atoms with Crippen molar-refractivity contribution in [1.29, 1.82) is 0 Å². The van der Waals surface area contributed by atoms with Gasteiger partial charge in [-0.05, 0) is 37.0 Å². The van der Waals surface area contributed by atoms with Crippen LogP contribution in [-0.4, -0.2) is 16.1 Å². The van der Waals surface area contributed by atoms with Gasteiger partial charge < -0.3 is 14.9 Å². The Bertz CT molecular complexity index is 602. The Balaban J connectivity index is 1.74. The summed E-state index contributed by atoms with van der Waals surface area (Å²) in [4.78, 5) is 4.08.